The highest BCUT2D eigenvalue weighted by atomic mass is 19.1. The molecular weight excluding hydrogens is 395 g/mol. The van der Waals surface area contributed by atoms with Gasteiger partial charge in [-0.05, 0) is 31.2 Å². The van der Waals surface area contributed by atoms with Gasteiger partial charge in [-0.15, -0.1) is 0 Å². The third-order valence-corrected chi connectivity index (χ3v) is 5.78. The molecule has 150 valence electrons. The third kappa shape index (κ3) is 2.43. The van der Waals surface area contributed by atoms with E-state index in [-0.39, 0.29) is 11.6 Å². The first-order valence-electron chi connectivity index (χ1n) is 9.83. The van der Waals surface area contributed by atoms with Gasteiger partial charge in [0, 0.05) is 22.3 Å². The van der Waals surface area contributed by atoms with E-state index in [1.165, 1.54) is 23.1 Å². The smallest absolute Gasteiger partial charge is 0.280 e. The maximum absolute atomic E-state index is 14.1. The minimum Gasteiger partial charge on any atom is -0.280 e. The molecule has 3 aromatic carbocycles. The van der Waals surface area contributed by atoms with Crippen molar-refractivity contribution in [2.45, 2.75) is 13.1 Å². The summed E-state index contributed by atoms with van der Waals surface area (Å²) in [6, 6.07) is 18.8. The maximum atomic E-state index is 14.1. The summed E-state index contributed by atoms with van der Waals surface area (Å²) in [7, 11) is 0. The van der Waals surface area contributed by atoms with E-state index >= 15 is 0 Å². The molecule has 31 heavy (non-hydrogen) atoms. The summed E-state index contributed by atoms with van der Waals surface area (Å²) in [4.78, 5) is 32.0. The monoisotopic (exact) mass is 410 g/mol. The number of benzene rings is 3. The van der Waals surface area contributed by atoms with E-state index in [2.05, 4.69) is 10.1 Å². The van der Waals surface area contributed by atoms with Crippen LogP contribution in [0.5, 0.6) is 0 Å². The van der Waals surface area contributed by atoms with E-state index in [1.807, 2.05) is 43.3 Å². The van der Waals surface area contributed by atoms with Gasteiger partial charge in [0.25, 0.3) is 11.5 Å². The van der Waals surface area contributed by atoms with Crippen LogP contribution in [0.15, 0.2) is 71.5 Å². The van der Waals surface area contributed by atoms with Crippen LogP contribution in [0, 0.1) is 12.7 Å². The van der Waals surface area contributed by atoms with E-state index in [9.17, 15) is 14.0 Å². The molecule has 0 aliphatic carbocycles. The summed E-state index contributed by atoms with van der Waals surface area (Å²) in [6.45, 7) is 1.96. The van der Waals surface area contributed by atoms with Crippen molar-refractivity contribution in [1.29, 1.82) is 0 Å². The van der Waals surface area contributed by atoms with Crippen LogP contribution in [0.1, 0.15) is 27.7 Å². The minimum absolute atomic E-state index is 0.200. The first-order valence-corrected chi connectivity index (χ1v) is 9.83. The normalized spacial score (nSPS) is 15.9. The first kappa shape index (κ1) is 17.7. The summed E-state index contributed by atoms with van der Waals surface area (Å²) in [5, 5.41) is 4.66. The molecule has 4 aromatic rings. The minimum atomic E-state index is -0.648. The van der Waals surface area contributed by atoms with Gasteiger partial charge in [-0.1, -0.05) is 48.0 Å². The highest BCUT2D eigenvalue weighted by Crippen LogP contribution is 2.46. The SMILES string of the molecule is Cc1ccc(-c2nn3c(nc2=O)-c2ccc(F)cc2N2C(=O)c4ccccc4[C@H]23)cc1. The number of halogens is 1. The van der Waals surface area contributed by atoms with Crippen molar-refractivity contribution in [3.8, 4) is 22.6 Å². The average Bonchev–Trinajstić information content (AvgIpc) is 3.07. The molecule has 1 atom stereocenters. The lowest BCUT2D eigenvalue weighted by Crippen LogP contribution is -2.39. The van der Waals surface area contributed by atoms with Gasteiger partial charge in [-0.2, -0.15) is 10.1 Å². The van der Waals surface area contributed by atoms with Crippen LogP contribution in [0.4, 0.5) is 10.1 Å². The van der Waals surface area contributed by atoms with Crippen LogP contribution >= 0.6 is 0 Å². The molecule has 0 saturated heterocycles. The predicted molar refractivity (Wildman–Crippen MR) is 113 cm³/mol. The molecule has 0 unspecified atom stereocenters. The lowest BCUT2D eigenvalue weighted by molar-refractivity contribution is 0.0986. The molecule has 6 rings (SSSR count). The van der Waals surface area contributed by atoms with Gasteiger partial charge in [0.1, 0.15) is 5.82 Å². The van der Waals surface area contributed by atoms with Crippen molar-refractivity contribution in [2.75, 3.05) is 4.90 Å². The van der Waals surface area contributed by atoms with E-state index in [0.717, 1.165) is 11.1 Å². The van der Waals surface area contributed by atoms with Gasteiger partial charge >= 0.3 is 0 Å². The zero-order valence-electron chi connectivity index (χ0n) is 16.4. The van der Waals surface area contributed by atoms with Crippen LogP contribution < -0.4 is 10.5 Å². The molecule has 3 heterocycles. The zero-order chi connectivity index (χ0) is 21.3. The molecule has 2 aliphatic rings. The topological polar surface area (TPSA) is 68.1 Å². The largest absolute Gasteiger partial charge is 0.300 e. The number of anilines is 1. The number of nitrogens with zero attached hydrogens (tertiary/aromatic N) is 4. The van der Waals surface area contributed by atoms with Crippen molar-refractivity contribution in [3.63, 3.8) is 0 Å². The van der Waals surface area contributed by atoms with Gasteiger partial charge in [0.2, 0.25) is 0 Å². The van der Waals surface area contributed by atoms with Gasteiger partial charge in [0.15, 0.2) is 17.7 Å². The van der Waals surface area contributed by atoms with Crippen molar-refractivity contribution < 1.29 is 9.18 Å². The lowest BCUT2D eigenvalue weighted by atomic mass is 10.1. The van der Waals surface area contributed by atoms with Gasteiger partial charge in [-0.25, -0.2) is 9.07 Å². The number of aryl methyl sites for hydroxylation is 1. The van der Waals surface area contributed by atoms with Gasteiger partial charge in [0.05, 0.1) is 5.69 Å². The number of rotatable bonds is 1. The van der Waals surface area contributed by atoms with Gasteiger partial charge in [-0.3, -0.25) is 14.5 Å². The number of hydrogen-bond acceptors (Lipinski definition) is 4. The number of carbonyl (C=O) groups is 1. The van der Waals surface area contributed by atoms with E-state index in [1.54, 1.807) is 16.8 Å². The van der Waals surface area contributed by atoms with Crippen LogP contribution in [0.3, 0.4) is 0 Å². The molecule has 0 spiro atoms. The summed E-state index contributed by atoms with van der Waals surface area (Å²) in [5.41, 5.74) is 3.55. The second-order valence-corrected chi connectivity index (χ2v) is 7.70. The highest BCUT2D eigenvalue weighted by Gasteiger charge is 2.44. The van der Waals surface area contributed by atoms with Crippen LogP contribution in [-0.4, -0.2) is 20.7 Å². The maximum Gasteiger partial charge on any atom is 0.300 e. The fourth-order valence-electron chi connectivity index (χ4n) is 4.32. The molecule has 0 radical (unpaired) electrons. The Morgan fingerprint density at radius 2 is 1.71 bits per heavy atom. The Hall–Kier alpha value is -4.13. The Labute approximate surface area is 176 Å². The molecule has 1 amide bonds. The Kier molecular flexibility index (Phi) is 3.53. The van der Waals surface area contributed by atoms with Crippen LogP contribution in [-0.2, 0) is 0 Å². The van der Waals surface area contributed by atoms with E-state index < -0.39 is 17.5 Å². The lowest BCUT2D eigenvalue weighted by Gasteiger charge is -2.34. The highest BCUT2D eigenvalue weighted by molar-refractivity contribution is 6.13. The average molecular weight is 410 g/mol. The molecule has 6 nitrogen and oxygen atoms in total. The second-order valence-electron chi connectivity index (χ2n) is 7.70. The Balaban J connectivity index is 1.68. The summed E-state index contributed by atoms with van der Waals surface area (Å²) >= 11 is 0. The van der Waals surface area contributed by atoms with Crippen molar-refractivity contribution in [2.24, 2.45) is 0 Å². The Bertz CT molecular complexity index is 1460. The zero-order valence-corrected chi connectivity index (χ0v) is 16.4. The van der Waals surface area contributed by atoms with Crippen molar-refractivity contribution in [3.05, 3.63) is 99.6 Å². The summed E-state index contributed by atoms with van der Waals surface area (Å²) < 4.78 is 15.7. The standard InChI is InChI=1S/C24H15FN4O2/c1-13-6-8-14(9-7-13)20-22(30)26-21-18-11-10-15(25)12-19(18)28-23(29(21)27-20)16-4-2-3-5-17(16)24(28)31/h2-12,23H,1H3/t23-/m1/s1. The van der Waals surface area contributed by atoms with Crippen molar-refractivity contribution in [1.82, 2.24) is 14.8 Å². The first-order chi connectivity index (χ1) is 15.0. The Morgan fingerprint density at radius 3 is 2.52 bits per heavy atom. The molecule has 1 aromatic heterocycles. The molecular formula is C24H15FN4O2. The molecule has 0 saturated carbocycles. The number of fused-ring (bicyclic) bond motifs is 8. The molecule has 0 fully saturated rings. The molecule has 2 aliphatic heterocycles. The third-order valence-electron chi connectivity index (χ3n) is 5.78. The predicted octanol–water partition coefficient (Wildman–Crippen LogP) is 3.94. The number of carbonyl (C=O) groups excluding carboxylic acids is 1. The molecule has 7 heteroatoms. The Morgan fingerprint density at radius 1 is 0.935 bits per heavy atom. The fraction of sp³-hybridized carbons (Fsp3) is 0.0833. The number of hydrogen-bond donors (Lipinski definition) is 0. The molecule has 0 N–H and O–H groups in total. The van der Waals surface area contributed by atoms with Crippen LogP contribution in [0.2, 0.25) is 0 Å². The second kappa shape index (κ2) is 6.18. The van der Waals surface area contributed by atoms with Crippen LogP contribution in [0.25, 0.3) is 22.6 Å². The molecule has 0 bridgehead atoms. The van der Waals surface area contributed by atoms with E-state index in [4.69, 9.17) is 0 Å². The summed E-state index contributed by atoms with van der Waals surface area (Å²) in [5.74, 6) is -0.404. The van der Waals surface area contributed by atoms with E-state index in [0.29, 0.717) is 28.2 Å². The fourth-order valence-corrected chi connectivity index (χ4v) is 4.32. The summed E-state index contributed by atoms with van der Waals surface area (Å²) in [6.07, 6.45) is -0.648. The number of amides is 1. The number of aromatic nitrogens is 3. The van der Waals surface area contributed by atoms with Crippen molar-refractivity contribution >= 4 is 11.6 Å². The van der Waals surface area contributed by atoms with Gasteiger partial charge < -0.3 is 0 Å². The quantitative estimate of drug-likeness (QED) is 0.477.